The fourth-order valence-electron chi connectivity index (χ4n) is 2.35. The number of methoxy groups -OCH3 is 1. The van der Waals surface area contributed by atoms with E-state index in [-0.39, 0.29) is 11.5 Å². The number of H-pyrrole nitrogens is 1. The maximum Gasteiger partial charge on any atom is 0.253 e. The van der Waals surface area contributed by atoms with Crippen LogP contribution >= 0.6 is 0 Å². The molecule has 2 N–H and O–H groups in total. The molecule has 5 heteroatoms. The van der Waals surface area contributed by atoms with Gasteiger partial charge in [0.15, 0.2) is 0 Å². The van der Waals surface area contributed by atoms with Gasteiger partial charge in [-0.25, -0.2) is 0 Å². The van der Waals surface area contributed by atoms with Crippen LogP contribution in [-0.2, 0) is 6.54 Å². The third kappa shape index (κ3) is 3.40. The highest BCUT2D eigenvalue weighted by atomic mass is 16.5. The summed E-state index contributed by atoms with van der Waals surface area (Å²) in [5.41, 5.74) is 1.20. The van der Waals surface area contributed by atoms with E-state index in [2.05, 4.69) is 10.3 Å². The number of pyridine rings is 1. The lowest BCUT2D eigenvalue weighted by molar-refractivity contribution is 0.0950. The van der Waals surface area contributed by atoms with Crippen LogP contribution < -0.4 is 15.6 Å². The van der Waals surface area contributed by atoms with E-state index in [0.717, 1.165) is 22.1 Å². The van der Waals surface area contributed by atoms with Crippen LogP contribution in [0.2, 0.25) is 0 Å². The molecule has 0 aliphatic carbocycles. The van der Waals surface area contributed by atoms with Crippen molar-refractivity contribution in [3.05, 3.63) is 76.2 Å². The average Bonchev–Trinajstić information content (AvgIpc) is 2.59. The summed E-state index contributed by atoms with van der Waals surface area (Å²) in [6, 6.07) is 14.7. The summed E-state index contributed by atoms with van der Waals surface area (Å²) in [6.45, 7) is 0.417. The largest absolute Gasteiger partial charge is 0.497 e. The molecular weight excluding hydrogens is 292 g/mol. The van der Waals surface area contributed by atoms with Crippen molar-refractivity contribution in [3.63, 3.8) is 0 Å². The standard InChI is InChI=1S/C18H16N2O3/c1-23-16-6-4-13-8-12(2-3-14(13)9-16)10-20-18(22)15-5-7-17(21)19-11-15/h2-9,11H,10H2,1H3,(H,19,21)(H,20,22). The molecular formula is C18H16N2O3. The lowest BCUT2D eigenvalue weighted by atomic mass is 10.1. The van der Waals surface area contributed by atoms with E-state index in [1.807, 2.05) is 36.4 Å². The second-order valence-electron chi connectivity index (χ2n) is 5.17. The normalized spacial score (nSPS) is 10.5. The Labute approximate surface area is 132 Å². The number of benzene rings is 2. The van der Waals surface area contributed by atoms with Crippen LogP contribution in [0.4, 0.5) is 0 Å². The van der Waals surface area contributed by atoms with Gasteiger partial charge in [-0.1, -0.05) is 18.2 Å². The average molecular weight is 308 g/mol. The van der Waals surface area contributed by atoms with Crippen molar-refractivity contribution in [2.45, 2.75) is 6.54 Å². The molecule has 0 radical (unpaired) electrons. The second kappa shape index (κ2) is 6.36. The Kier molecular flexibility index (Phi) is 4.10. The topological polar surface area (TPSA) is 71.2 Å². The molecule has 1 aromatic heterocycles. The highest BCUT2D eigenvalue weighted by Crippen LogP contribution is 2.21. The van der Waals surface area contributed by atoms with Crippen LogP contribution in [0.15, 0.2) is 59.5 Å². The van der Waals surface area contributed by atoms with E-state index in [1.165, 1.54) is 18.3 Å². The molecule has 23 heavy (non-hydrogen) atoms. The zero-order valence-electron chi connectivity index (χ0n) is 12.6. The van der Waals surface area contributed by atoms with Gasteiger partial charge in [0.1, 0.15) is 5.75 Å². The zero-order valence-corrected chi connectivity index (χ0v) is 12.6. The van der Waals surface area contributed by atoms with Crippen LogP contribution in [0.25, 0.3) is 10.8 Å². The number of hydrogen-bond donors (Lipinski definition) is 2. The van der Waals surface area contributed by atoms with Crippen molar-refractivity contribution in [2.75, 3.05) is 7.11 Å². The van der Waals surface area contributed by atoms with Gasteiger partial charge in [0.2, 0.25) is 5.56 Å². The Bertz CT molecular complexity index is 895. The summed E-state index contributed by atoms with van der Waals surface area (Å²) >= 11 is 0. The molecule has 116 valence electrons. The molecule has 0 fully saturated rings. The third-order valence-corrected chi connectivity index (χ3v) is 3.61. The van der Waals surface area contributed by atoms with Gasteiger partial charge in [-0.15, -0.1) is 0 Å². The second-order valence-corrected chi connectivity index (χ2v) is 5.17. The molecule has 0 saturated heterocycles. The highest BCUT2D eigenvalue weighted by Gasteiger charge is 2.05. The predicted octanol–water partition coefficient (Wildman–Crippen LogP) is 2.47. The first kappa shape index (κ1) is 14.8. The fraction of sp³-hybridized carbons (Fsp3) is 0.111. The molecule has 0 unspecified atom stereocenters. The smallest absolute Gasteiger partial charge is 0.253 e. The number of fused-ring (bicyclic) bond motifs is 1. The molecule has 5 nitrogen and oxygen atoms in total. The number of ether oxygens (including phenoxy) is 1. The van der Waals surface area contributed by atoms with Crippen molar-refractivity contribution in [3.8, 4) is 5.75 Å². The quantitative estimate of drug-likeness (QED) is 0.778. The lowest BCUT2D eigenvalue weighted by Crippen LogP contribution is -2.23. The number of carbonyl (C=O) groups excluding carboxylic acids is 1. The maximum atomic E-state index is 12.0. The molecule has 2 aromatic carbocycles. The predicted molar refractivity (Wildman–Crippen MR) is 88.7 cm³/mol. The van der Waals surface area contributed by atoms with Crippen LogP contribution in [0, 0.1) is 0 Å². The van der Waals surface area contributed by atoms with Gasteiger partial charge in [0.05, 0.1) is 12.7 Å². The van der Waals surface area contributed by atoms with E-state index >= 15 is 0 Å². The SMILES string of the molecule is COc1ccc2cc(CNC(=O)c3ccc(=O)[nH]c3)ccc2c1. The molecule has 1 amide bonds. The van der Waals surface area contributed by atoms with E-state index in [4.69, 9.17) is 4.74 Å². The summed E-state index contributed by atoms with van der Waals surface area (Å²) in [7, 11) is 1.64. The van der Waals surface area contributed by atoms with Gasteiger partial charge in [0, 0.05) is 18.8 Å². The number of rotatable bonds is 4. The summed E-state index contributed by atoms with van der Waals surface area (Å²) in [6.07, 6.45) is 1.41. The number of carbonyl (C=O) groups is 1. The van der Waals surface area contributed by atoms with Gasteiger partial charge >= 0.3 is 0 Å². The van der Waals surface area contributed by atoms with Gasteiger partial charge in [-0.2, -0.15) is 0 Å². The van der Waals surface area contributed by atoms with E-state index < -0.39 is 0 Å². The number of amides is 1. The van der Waals surface area contributed by atoms with Crippen LogP contribution in [0.1, 0.15) is 15.9 Å². The Morgan fingerprint density at radius 1 is 1.09 bits per heavy atom. The summed E-state index contributed by atoms with van der Waals surface area (Å²) in [4.78, 5) is 25.5. The monoisotopic (exact) mass is 308 g/mol. The zero-order chi connectivity index (χ0) is 16.2. The first-order valence-corrected chi connectivity index (χ1v) is 7.19. The molecule has 0 spiro atoms. The van der Waals surface area contributed by atoms with E-state index in [1.54, 1.807) is 7.11 Å². The number of hydrogen-bond acceptors (Lipinski definition) is 3. The Hall–Kier alpha value is -3.08. The summed E-state index contributed by atoms with van der Waals surface area (Å²) in [5, 5.41) is 5.00. The van der Waals surface area contributed by atoms with Crippen LogP contribution in [0.5, 0.6) is 5.75 Å². The third-order valence-electron chi connectivity index (χ3n) is 3.61. The van der Waals surface area contributed by atoms with Crippen molar-refractivity contribution in [1.29, 1.82) is 0 Å². The molecule has 0 bridgehead atoms. The molecule has 0 atom stereocenters. The number of aromatic amines is 1. The molecule has 0 aliphatic rings. The first-order chi connectivity index (χ1) is 11.2. The number of aromatic nitrogens is 1. The van der Waals surface area contributed by atoms with Crippen molar-refractivity contribution >= 4 is 16.7 Å². The minimum atomic E-state index is -0.230. The van der Waals surface area contributed by atoms with Gasteiger partial charge in [-0.05, 0) is 40.6 Å². The Morgan fingerprint density at radius 3 is 2.61 bits per heavy atom. The molecule has 1 heterocycles. The lowest BCUT2D eigenvalue weighted by Gasteiger charge is -2.07. The first-order valence-electron chi connectivity index (χ1n) is 7.19. The molecule has 0 aliphatic heterocycles. The van der Waals surface area contributed by atoms with Crippen molar-refractivity contribution < 1.29 is 9.53 Å². The highest BCUT2D eigenvalue weighted by molar-refractivity contribution is 5.93. The van der Waals surface area contributed by atoms with Gasteiger partial charge in [0.25, 0.3) is 5.91 Å². The molecule has 3 rings (SSSR count). The molecule has 3 aromatic rings. The van der Waals surface area contributed by atoms with Gasteiger partial charge < -0.3 is 15.0 Å². The van der Waals surface area contributed by atoms with Crippen LogP contribution in [0.3, 0.4) is 0 Å². The van der Waals surface area contributed by atoms with Crippen LogP contribution in [-0.4, -0.2) is 18.0 Å². The maximum absolute atomic E-state index is 12.0. The van der Waals surface area contributed by atoms with E-state index in [0.29, 0.717) is 12.1 Å². The summed E-state index contributed by atoms with van der Waals surface area (Å²) in [5.74, 6) is 0.590. The van der Waals surface area contributed by atoms with Crippen molar-refractivity contribution in [1.82, 2.24) is 10.3 Å². The van der Waals surface area contributed by atoms with Gasteiger partial charge in [-0.3, -0.25) is 9.59 Å². The fourth-order valence-corrected chi connectivity index (χ4v) is 2.35. The summed E-state index contributed by atoms with van der Waals surface area (Å²) < 4.78 is 5.21. The minimum absolute atomic E-state index is 0.226. The Balaban J connectivity index is 1.72. The van der Waals surface area contributed by atoms with E-state index in [9.17, 15) is 9.59 Å². The number of nitrogens with one attached hydrogen (secondary N) is 2. The molecule has 0 saturated carbocycles. The Morgan fingerprint density at radius 2 is 1.87 bits per heavy atom. The van der Waals surface area contributed by atoms with Crippen molar-refractivity contribution in [2.24, 2.45) is 0 Å². The minimum Gasteiger partial charge on any atom is -0.497 e.